The molecule has 5 heteroatoms. The number of carbonyl (C=O) groups is 2. The van der Waals surface area contributed by atoms with Gasteiger partial charge in [-0.05, 0) is 24.5 Å². The second-order valence-corrected chi connectivity index (χ2v) is 7.90. The zero-order valence-corrected chi connectivity index (χ0v) is 17.7. The van der Waals surface area contributed by atoms with Crippen LogP contribution < -0.4 is 0 Å². The summed E-state index contributed by atoms with van der Waals surface area (Å²) in [6.45, 7) is 6.94. The van der Waals surface area contributed by atoms with Crippen LogP contribution >= 0.6 is 11.6 Å². The van der Waals surface area contributed by atoms with Crippen molar-refractivity contribution in [3.05, 3.63) is 64.4 Å². The molecule has 4 nitrogen and oxygen atoms in total. The van der Waals surface area contributed by atoms with Crippen LogP contribution in [0.3, 0.4) is 0 Å². The molecule has 0 radical (unpaired) electrons. The van der Waals surface area contributed by atoms with Gasteiger partial charge in [-0.25, -0.2) is 0 Å². The van der Waals surface area contributed by atoms with Crippen molar-refractivity contribution >= 4 is 29.4 Å². The van der Waals surface area contributed by atoms with E-state index in [9.17, 15) is 9.59 Å². The molecule has 29 heavy (non-hydrogen) atoms. The lowest BCUT2D eigenvalue weighted by atomic mass is 10.0. The number of fused-ring (bicyclic) bond motifs is 1. The Bertz CT molecular complexity index is 882. The third-order valence-corrected chi connectivity index (χ3v) is 5.77. The first-order valence-electron chi connectivity index (χ1n) is 10.4. The molecule has 3 rings (SSSR count). The predicted molar refractivity (Wildman–Crippen MR) is 116 cm³/mol. The van der Waals surface area contributed by atoms with Gasteiger partial charge in [0.05, 0.1) is 17.5 Å². The minimum atomic E-state index is -0.354. The molecule has 154 valence electrons. The van der Waals surface area contributed by atoms with Crippen LogP contribution in [0.5, 0.6) is 0 Å². The fourth-order valence-corrected chi connectivity index (χ4v) is 4.13. The van der Waals surface area contributed by atoms with E-state index in [1.807, 2.05) is 16.7 Å². The van der Waals surface area contributed by atoms with Crippen molar-refractivity contribution in [3.8, 4) is 0 Å². The summed E-state index contributed by atoms with van der Waals surface area (Å²) >= 11 is 6.40. The van der Waals surface area contributed by atoms with Crippen LogP contribution in [0.1, 0.15) is 78.7 Å². The zero-order chi connectivity index (χ0) is 20.8. The quantitative estimate of drug-likeness (QED) is 0.272. The highest BCUT2D eigenvalue weighted by atomic mass is 35.5. The SMILES string of the molecule is C=Cc1ccc(C(=O)c2c(Cl)cc3n2CCC3C(=O)OCCCCCCC)cc1. The molecule has 0 amide bonds. The number of esters is 1. The lowest BCUT2D eigenvalue weighted by Gasteiger charge is -2.10. The summed E-state index contributed by atoms with van der Waals surface area (Å²) in [4.78, 5) is 25.6. The first kappa shape index (κ1) is 21.4. The van der Waals surface area contributed by atoms with Crippen LogP contribution in [-0.4, -0.2) is 22.9 Å². The molecule has 0 saturated heterocycles. The Morgan fingerprint density at radius 3 is 2.62 bits per heavy atom. The largest absolute Gasteiger partial charge is 0.465 e. The lowest BCUT2D eigenvalue weighted by molar-refractivity contribution is -0.145. The summed E-state index contributed by atoms with van der Waals surface area (Å²) in [5.41, 5.74) is 2.74. The minimum Gasteiger partial charge on any atom is -0.465 e. The number of unbranched alkanes of at least 4 members (excludes halogenated alkanes) is 4. The van der Waals surface area contributed by atoms with Crippen LogP contribution in [0.2, 0.25) is 5.02 Å². The van der Waals surface area contributed by atoms with E-state index in [4.69, 9.17) is 16.3 Å². The van der Waals surface area contributed by atoms with Gasteiger partial charge in [0, 0.05) is 17.8 Å². The first-order valence-corrected chi connectivity index (χ1v) is 10.8. The van der Waals surface area contributed by atoms with Crippen molar-refractivity contribution in [2.24, 2.45) is 0 Å². The maximum atomic E-state index is 13.0. The Kier molecular flexibility index (Phi) is 7.32. The molecule has 1 aromatic carbocycles. The van der Waals surface area contributed by atoms with Crippen LogP contribution in [-0.2, 0) is 16.1 Å². The Hall–Kier alpha value is -2.33. The standard InChI is InChI=1S/C24H28ClNO3/c1-3-5-6-7-8-15-29-24(28)19-13-14-26-21(19)16-20(25)22(26)23(27)18-11-9-17(4-2)10-12-18/h4,9-12,16,19H,2-3,5-8,13-15H2,1H3. The molecule has 2 heterocycles. The van der Waals surface area contributed by atoms with Gasteiger partial charge in [-0.2, -0.15) is 0 Å². The Morgan fingerprint density at radius 2 is 1.93 bits per heavy atom. The minimum absolute atomic E-state index is 0.137. The second kappa shape index (κ2) is 9.93. The van der Waals surface area contributed by atoms with E-state index in [-0.39, 0.29) is 17.7 Å². The van der Waals surface area contributed by atoms with Gasteiger partial charge >= 0.3 is 5.97 Å². The van der Waals surface area contributed by atoms with Gasteiger partial charge in [0.2, 0.25) is 5.78 Å². The number of aromatic nitrogens is 1. The summed E-state index contributed by atoms with van der Waals surface area (Å²) in [6.07, 6.45) is 7.93. The predicted octanol–water partition coefficient (Wildman–Crippen LogP) is 6.02. The average Bonchev–Trinajstić information content (AvgIpc) is 3.27. The van der Waals surface area contributed by atoms with Gasteiger partial charge in [-0.15, -0.1) is 0 Å². The molecule has 0 saturated carbocycles. The van der Waals surface area contributed by atoms with E-state index < -0.39 is 0 Å². The number of ether oxygens (including phenoxy) is 1. The highest BCUT2D eigenvalue weighted by Gasteiger charge is 2.35. The maximum Gasteiger partial charge on any atom is 0.315 e. The number of hydrogen-bond acceptors (Lipinski definition) is 3. The van der Waals surface area contributed by atoms with Crippen LogP contribution in [0.15, 0.2) is 36.9 Å². The Labute approximate surface area is 177 Å². The fraction of sp³-hybridized carbons (Fsp3) is 0.417. The Balaban J connectivity index is 1.68. The lowest BCUT2D eigenvalue weighted by Crippen LogP contribution is -2.14. The van der Waals surface area contributed by atoms with E-state index in [1.54, 1.807) is 24.3 Å². The molecule has 1 atom stereocenters. The molecule has 0 spiro atoms. The third kappa shape index (κ3) is 4.81. The van der Waals surface area contributed by atoms with Crippen LogP contribution in [0.25, 0.3) is 6.08 Å². The molecule has 0 bridgehead atoms. The highest BCUT2D eigenvalue weighted by Crippen LogP contribution is 2.36. The van der Waals surface area contributed by atoms with Crippen molar-refractivity contribution < 1.29 is 14.3 Å². The summed E-state index contributed by atoms with van der Waals surface area (Å²) in [5.74, 6) is -0.711. The van der Waals surface area contributed by atoms with Gasteiger partial charge in [0.1, 0.15) is 5.69 Å². The summed E-state index contributed by atoms with van der Waals surface area (Å²) in [5, 5.41) is 0.384. The van der Waals surface area contributed by atoms with Gasteiger partial charge in [-0.3, -0.25) is 9.59 Å². The molecular formula is C24H28ClNO3. The van der Waals surface area contributed by atoms with E-state index in [0.29, 0.717) is 35.9 Å². The molecule has 2 aromatic rings. The van der Waals surface area contributed by atoms with E-state index in [2.05, 4.69) is 13.5 Å². The molecular weight excluding hydrogens is 386 g/mol. The highest BCUT2D eigenvalue weighted by molar-refractivity contribution is 6.35. The molecule has 0 aliphatic carbocycles. The topological polar surface area (TPSA) is 48.3 Å². The number of benzene rings is 1. The van der Waals surface area contributed by atoms with E-state index in [1.165, 1.54) is 19.3 Å². The van der Waals surface area contributed by atoms with Crippen molar-refractivity contribution in [3.63, 3.8) is 0 Å². The van der Waals surface area contributed by atoms with Gasteiger partial charge in [-0.1, -0.05) is 81.1 Å². The molecule has 0 N–H and O–H groups in total. The Morgan fingerprint density at radius 1 is 1.21 bits per heavy atom. The summed E-state index contributed by atoms with van der Waals surface area (Å²) in [7, 11) is 0. The molecule has 1 unspecified atom stereocenters. The van der Waals surface area contributed by atoms with Crippen LogP contribution in [0.4, 0.5) is 0 Å². The number of nitrogens with zero attached hydrogens (tertiary/aromatic N) is 1. The normalized spacial score (nSPS) is 15.2. The van der Waals surface area contributed by atoms with Crippen molar-refractivity contribution in [2.75, 3.05) is 6.61 Å². The molecule has 1 aliphatic rings. The third-order valence-electron chi connectivity index (χ3n) is 5.48. The smallest absolute Gasteiger partial charge is 0.315 e. The molecule has 0 fully saturated rings. The monoisotopic (exact) mass is 413 g/mol. The number of halogens is 1. The number of rotatable bonds is 10. The second-order valence-electron chi connectivity index (χ2n) is 7.50. The molecule has 1 aromatic heterocycles. The van der Waals surface area contributed by atoms with Crippen molar-refractivity contribution in [1.82, 2.24) is 4.57 Å². The van der Waals surface area contributed by atoms with Gasteiger partial charge in [0.25, 0.3) is 0 Å². The number of carbonyl (C=O) groups excluding carboxylic acids is 2. The van der Waals surface area contributed by atoms with E-state index >= 15 is 0 Å². The molecule has 1 aliphatic heterocycles. The average molecular weight is 414 g/mol. The first-order chi connectivity index (χ1) is 14.1. The van der Waals surface area contributed by atoms with Gasteiger partial charge < -0.3 is 9.30 Å². The maximum absolute atomic E-state index is 13.0. The number of hydrogen-bond donors (Lipinski definition) is 0. The fourth-order valence-electron chi connectivity index (χ4n) is 3.83. The van der Waals surface area contributed by atoms with Crippen molar-refractivity contribution in [1.29, 1.82) is 0 Å². The van der Waals surface area contributed by atoms with Crippen molar-refractivity contribution in [2.45, 2.75) is 57.9 Å². The van der Waals surface area contributed by atoms with E-state index in [0.717, 1.165) is 24.1 Å². The van der Waals surface area contributed by atoms with Crippen LogP contribution in [0, 0.1) is 0 Å². The summed E-state index contributed by atoms with van der Waals surface area (Å²) in [6, 6.07) is 8.99. The van der Waals surface area contributed by atoms with Gasteiger partial charge in [0.15, 0.2) is 0 Å². The zero-order valence-electron chi connectivity index (χ0n) is 17.0. The summed E-state index contributed by atoms with van der Waals surface area (Å²) < 4.78 is 7.37. The number of ketones is 1.